The van der Waals surface area contributed by atoms with Crippen molar-refractivity contribution in [1.29, 1.82) is 0 Å². The van der Waals surface area contributed by atoms with Crippen LogP contribution < -0.4 is 10.6 Å². The lowest BCUT2D eigenvalue weighted by Crippen LogP contribution is -2.47. The molecule has 1 aliphatic heterocycles. The Morgan fingerprint density at radius 2 is 2.08 bits per heavy atom. The molecule has 1 amide bonds. The topological polar surface area (TPSA) is 60.5 Å². The Kier molecular flexibility index (Phi) is 5.27. The van der Waals surface area contributed by atoms with Gasteiger partial charge in [0.2, 0.25) is 0 Å². The summed E-state index contributed by atoms with van der Waals surface area (Å²) in [6, 6.07) is 5.68. The Morgan fingerprint density at radius 1 is 1.33 bits per heavy atom. The van der Waals surface area contributed by atoms with Crippen LogP contribution in [0.2, 0.25) is 0 Å². The molecule has 24 heavy (non-hydrogen) atoms. The minimum atomic E-state index is 0.0936. The summed E-state index contributed by atoms with van der Waals surface area (Å²) in [5.41, 5.74) is 1.59. The zero-order valence-corrected chi connectivity index (χ0v) is 15.5. The summed E-state index contributed by atoms with van der Waals surface area (Å²) < 4.78 is 0.983. The van der Waals surface area contributed by atoms with Gasteiger partial charge in [0.05, 0.1) is 10.2 Å². The minimum Gasteiger partial charge on any atom is -0.363 e. The number of amides is 1. The molecule has 0 spiro atoms. The number of likely N-dealkylation sites (N-methyl/N-ethyl adjacent to an activating group) is 1. The van der Waals surface area contributed by atoms with E-state index < -0.39 is 0 Å². The summed E-state index contributed by atoms with van der Waals surface area (Å²) in [6.07, 6.45) is 0. The number of hydrogen-bond acceptors (Lipinski definition) is 5. The average Bonchev–Trinajstić information content (AvgIpc) is 2.96. The van der Waals surface area contributed by atoms with Gasteiger partial charge in [-0.25, -0.2) is 4.98 Å². The number of carbonyl (C=O) groups is 1. The standard InChI is InChI=1S/C16H21N5OS2/c1-3-17-15(23)19-16-18-12-5-4-11(10-13(12)24-16)14(22)21-8-6-20(2)7-9-21/h4-5,10H,3,6-9H2,1-2H3,(H2,17,18,19,23). The summed E-state index contributed by atoms with van der Waals surface area (Å²) in [4.78, 5) is 21.3. The number of nitrogens with zero attached hydrogens (tertiary/aromatic N) is 3. The molecule has 8 heteroatoms. The maximum absolute atomic E-state index is 12.7. The summed E-state index contributed by atoms with van der Waals surface area (Å²) in [5, 5.41) is 7.41. The first-order valence-electron chi connectivity index (χ1n) is 8.00. The van der Waals surface area contributed by atoms with Gasteiger partial charge in [-0.1, -0.05) is 11.3 Å². The number of piperazine rings is 1. The predicted molar refractivity (Wildman–Crippen MR) is 103 cm³/mol. The van der Waals surface area contributed by atoms with E-state index in [2.05, 4.69) is 27.6 Å². The van der Waals surface area contributed by atoms with Crippen LogP contribution in [0.3, 0.4) is 0 Å². The molecule has 0 aliphatic carbocycles. The highest BCUT2D eigenvalue weighted by atomic mass is 32.1. The fourth-order valence-electron chi connectivity index (χ4n) is 2.61. The number of thiocarbonyl (C=S) groups is 1. The fourth-order valence-corrected chi connectivity index (χ4v) is 3.82. The number of carbonyl (C=O) groups excluding carboxylic acids is 1. The molecule has 2 aromatic rings. The van der Waals surface area contributed by atoms with Gasteiger partial charge < -0.3 is 20.4 Å². The van der Waals surface area contributed by atoms with Gasteiger partial charge in [0.1, 0.15) is 0 Å². The highest BCUT2D eigenvalue weighted by molar-refractivity contribution is 7.80. The van der Waals surface area contributed by atoms with Crippen LogP contribution in [-0.2, 0) is 0 Å². The molecule has 1 aromatic carbocycles. The molecular weight excluding hydrogens is 342 g/mol. The first-order valence-corrected chi connectivity index (χ1v) is 9.22. The first kappa shape index (κ1) is 17.1. The van der Waals surface area contributed by atoms with Crippen LogP contribution in [0.4, 0.5) is 5.13 Å². The van der Waals surface area contributed by atoms with Gasteiger partial charge in [0.15, 0.2) is 10.2 Å². The van der Waals surface area contributed by atoms with Crippen molar-refractivity contribution in [2.24, 2.45) is 0 Å². The Bertz CT molecular complexity index is 752. The second-order valence-electron chi connectivity index (χ2n) is 5.78. The van der Waals surface area contributed by atoms with Crippen molar-refractivity contribution in [1.82, 2.24) is 20.1 Å². The Labute approximate surface area is 150 Å². The van der Waals surface area contributed by atoms with Crippen molar-refractivity contribution in [3.8, 4) is 0 Å². The van der Waals surface area contributed by atoms with Crippen LogP contribution in [0.15, 0.2) is 18.2 Å². The van der Waals surface area contributed by atoms with Crippen LogP contribution in [0.5, 0.6) is 0 Å². The summed E-state index contributed by atoms with van der Waals surface area (Å²) >= 11 is 6.68. The van der Waals surface area contributed by atoms with E-state index in [0.29, 0.717) is 5.11 Å². The Balaban J connectivity index is 1.75. The average molecular weight is 364 g/mol. The molecule has 128 valence electrons. The van der Waals surface area contributed by atoms with Gasteiger partial charge in [-0.2, -0.15) is 0 Å². The van der Waals surface area contributed by atoms with E-state index in [9.17, 15) is 4.79 Å². The molecule has 2 heterocycles. The number of hydrogen-bond donors (Lipinski definition) is 2. The minimum absolute atomic E-state index is 0.0936. The molecule has 2 N–H and O–H groups in total. The van der Waals surface area contributed by atoms with Gasteiger partial charge in [0, 0.05) is 38.3 Å². The molecule has 0 atom stereocenters. The van der Waals surface area contributed by atoms with Crippen LogP contribution in [0.1, 0.15) is 17.3 Å². The van der Waals surface area contributed by atoms with Gasteiger partial charge >= 0.3 is 0 Å². The lowest BCUT2D eigenvalue weighted by molar-refractivity contribution is 0.0664. The lowest BCUT2D eigenvalue weighted by atomic mass is 10.1. The van der Waals surface area contributed by atoms with E-state index in [1.165, 1.54) is 11.3 Å². The quantitative estimate of drug-likeness (QED) is 0.814. The van der Waals surface area contributed by atoms with Crippen LogP contribution in [-0.4, -0.2) is 65.6 Å². The third-order valence-corrected chi connectivity index (χ3v) is 5.16. The molecule has 1 aliphatic rings. The zero-order chi connectivity index (χ0) is 17.1. The van der Waals surface area contributed by atoms with E-state index in [0.717, 1.165) is 53.6 Å². The number of anilines is 1. The van der Waals surface area contributed by atoms with Crippen molar-refractivity contribution in [2.75, 3.05) is 45.1 Å². The molecule has 1 saturated heterocycles. The highest BCUT2D eigenvalue weighted by Crippen LogP contribution is 2.27. The summed E-state index contributed by atoms with van der Waals surface area (Å²) in [6.45, 7) is 6.15. The molecule has 0 bridgehead atoms. The van der Waals surface area contributed by atoms with Crippen molar-refractivity contribution < 1.29 is 4.79 Å². The maximum atomic E-state index is 12.7. The normalized spacial score (nSPS) is 15.5. The molecule has 1 aromatic heterocycles. The largest absolute Gasteiger partial charge is 0.363 e. The second kappa shape index (κ2) is 7.42. The number of nitrogens with one attached hydrogen (secondary N) is 2. The molecule has 3 rings (SSSR count). The summed E-state index contributed by atoms with van der Waals surface area (Å²) in [7, 11) is 2.08. The molecule has 0 saturated carbocycles. The first-order chi connectivity index (χ1) is 11.6. The van der Waals surface area contributed by atoms with Gasteiger partial charge in [0.25, 0.3) is 5.91 Å². The number of benzene rings is 1. The van der Waals surface area contributed by atoms with Crippen molar-refractivity contribution >= 4 is 49.9 Å². The van der Waals surface area contributed by atoms with Crippen LogP contribution in [0, 0.1) is 0 Å². The molecule has 0 unspecified atom stereocenters. The SMILES string of the molecule is CCNC(=S)Nc1nc2ccc(C(=O)N3CCN(C)CC3)cc2s1. The smallest absolute Gasteiger partial charge is 0.253 e. The number of aromatic nitrogens is 1. The number of rotatable bonds is 3. The molecule has 0 radical (unpaired) electrons. The lowest BCUT2D eigenvalue weighted by Gasteiger charge is -2.32. The third-order valence-electron chi connectivity index (χ3n) is 3.98. The van der Waals surface area contributed by atoms with E-state index in [1.54, 1.807) is 0 Å². The van der Waals surface area contributed by atoms with Crippen LogP contribution in [0.25, 0.3) is 10.2 Å². The van der Waals surface area contributed by atoms with Crippen LogP contribution >= 0.6 is 23.6 Å². The maximum Gasteiger partial charge on any atom is 0.253 e. The van der Waals surface area contributed by atoms with Gasteiger partial charge in [-0.3, -0.25) is 4.79 Å². The molecular formula is C16H21N5OS2. The fraction of sp³-hybridized carbons (Fsp3) is 0.438. The Hall–Kier alpha value is -1.77. The van der Waals surface area contributed by atoms with Crippen molar-refractivity contribution in [3.63, 3.8) is 0 Å². The van der Waals surface area contributed by atoms with E-state index in [-0.39, 0.29) is 5.91 Å². The van der Waals surface area contributed by atoms with Crippen molar-refractivity contribution in [2.45, 2.75) is 6.92 Å². The number of thiazole rings is 1. The second-order valence-corrected chi connectivity index (χ2v) is 7.22. The monoisotopic (exact) mass is 363 g/mol. The van der Waals surface area contributed by atoms with E-state index >= 15 is 0 Å². The molecule has 1 fully saturated rings. The number of fused-ring (bicyclic) bond motifs is 1. The predicted octanol–water partition coefficient (Wildman–Crippen LogP) is 1.99. The Morgan fingerprint density at radius 3 is 2.79 bits per heavy atom. The zero-order valence-electron chi connectivity index (χ0n) is 13.8. The van der Waals surface area contributed by atoms with E-state index in [4.69, 9.17) is 12.2 Å². The van der Waals surface area contributed by atoms with Crippen molar-refractivity contribution in [3.05, 3.63) is 23.8 Å². The highest BCUT2D eigenvalue weighted by Gasteiger charge is 2.20. The third kappa shape index (κ3) is 3.82. The molecule has 6 nitrogen and oxygen atoms in total. The van der Waals surface area contributed by atoms with Gasteiger partial charge in [-0.05, 0) is 44.4 Å². The van der Waals surface area contributed by atoms with E-state index in [1.807, 2.05) is 30.0 Å². The van der Waals surface area contributed by atoms with Gasteiger partial charge in [-0.15, -0.1) is 0 Å². The summed E-state index contributed by atoms with van der Waals surface area (Å²) in [5.74, 6) is 0.0936.